The number of hydrogen-bond acceptors (Lipinski definition) is 2. The minimum Gasteiger partial charge on any atom is -0.490 e. The van der Waals surface area contributed by atoms with Gasteiger partial charge in [0.1, 0.15) is 5.75 Å². The van der Waals surface area contributed by atoms with Crippen LogP contribution in [0.1, 0.15) is 35.3 Å². The summed E-state index contributed by atoms with van der Waals surface area (Å²) in [5, 5.41) is 0.560. The van der Waals surface area contributed by atoms with Gasteiger partial charge in [0.25, 0.3) is 5.91 Å². The highest BCUT2D eigenvalue weighted by atomic mass is 35.5. The molecule has 0 bridgehead atoms. The van der Waals surface area contributed by atoms with Crippen LogP contribution in [0.4, 0.5) is 0 Å². The second-order valence-corrected chi connectivity index (χ2v) is 4.41. The van der Waals surface area contributed by atoms with Gasteiger partial charge in [-0.05, 0) is 44.9 Å². The van der Waals surface area contributed by atoms with E-state index in [1.165, 1.54) is 0 Å². The molecular weight excluding hydrogens is 226 g/mol. The zero-order chi connectivity index (χ0) is 12.5. The average molecular weight is 242 g/mol. The molecule has 0 atom stereocenters. The number of carbonyl (C=O) groups is 1. The number of hydrogen-bond donors (Lipinski definition) is 1. The minimum atomic E-state index is -0.518. The third-order valence-corrected chi connectivity index (χ3v) is 2.84. The first-order chi connectivity index (χ1) is 7.34. The van der Waals surface area contributed by atoms with Gasteiger partial charge in [-0.15, -0.1) is 0 Å². The van der Waals surface area contributed by atoms with Gasteiger partial charge < -0.3 is 10.5 Å². The van der Waals surface area contributed by atoms with Gasteiger partial charge in [-0.2, -0.15) is 0 Å². The van der Waals surface area contributed by atoms with Crippen LogP contribution in [0.25, 0.3) is 0 Å². The van der Waals surface area contributed by atoms with Crippen molar-refractivity contribution < 1.29 is 9.53 Å². The zero-order valence-corrected chi connectivity index (χ0v) is 10.7. The molecule has 4 heteroatoms. The van der Waals surface area contributed by atoms with Crippen molar-refractivity contribution >= 4 is 17.5 Å². The highest BCUT2D eigenvalue weighted by molar-refractivity contribution is 6.32. The van der Waals surface area contributed by atoms with Crippen LogP contribution in [0.15, 0.2) is 6.07 Å². The number of ether oxygens (including phenoxy) is 1. The van der Waals surface area contributed by atoms with E-state index in [-0.39, 0.29) is 6.10 Å². The number of rotatable bonds is 3. The quantitative estimate of drug-likeness (QED) is 0.885. The van der Waals surface area contributed by atoms with Crippen LogP contribution in [0.3, 0.4) is 0 Å². The van der Waals surface area contributed by atoms with Crippen molar-refractivity contribution in [3.8, 4) is 5.75 Å². The lowest BCUT2D eigenvalue weighted by atomic mass is 10.0. The van der Waals surface area contributed by atoms with Crippen molar-refractivity contribution in [2.24, 2.45) is 5.73 Å². The molecule has 0 unspecified atom stereocenters. The first-order valence-corrected chi connectivity index (χ1v) is 5.48. The van der Waals surface area contributed by atoms with Gasteiger partial charge in [0.05, 0.1) is 11.7 Å². The standard InChI is InChI=1S/C12H16ClNO2/c1-6(2)16-9-5-7(3)11(13)8(4)10(9)12(14)15/h5-6H,1-4H3,(H2,14,15). The Labute approximate surface area is 101 Å². The molecule has 0 fully saturated rings. The number of carbonyl (C=O) groups excluding carboxylic acids is 1. The zero-order valence-electron chi connectivity index (χ0n) is 9.93. The molecular formula is C12H16ClNO2. The molecule has 0 saturated heterocycles. The number of nitrogens with two attached hydrogens (primary N) is 1. The van der Waals surface area contributed by atoms with E-state index >= 15 is 0 Å². The molecule has 0 aliphatic rings. The Bertz CT molecular complexity index is 428. The molecule has 0 aliphatic carbocycles. The predicted molar refractivity (Wildman–Crippen MR) is 65.2 cm³/mol. The summed E-state index contributed by atoms with van der Waals surface area (Å²) in [5.74, 6) is -0.0167. The van der Waals surface area contributed by atoms with E-state index in [2.05, 4.69) is 0 Å². The number of primary amides is 1. The molecule has 0 heterocycles. The lowest BCUT2D eigenvalue weighted by Gasteiger charge is -2.16. The summed E-state index contributed by atoms with van der Waals surface area (Å²) in [6.07, 6.45) is -0.0157. The Hall–Kier alpha value is -1.22. The van der Waals surface area contributed by atoms with Crippen molar-refractivity contribution in [1.29, 1.82) is 0 Å². The summed E-state index contributed by atoms with van der Waals surface area (Å²) in [6, 6.07) is 1.75. The van der Waals surface area contributed by atoms with Gasteiger partial charge in [0.15, 0.2) is 0 Å². The first-order valence-electron chi connectivity index (χ1n) is 5.10. The molecule has 88 valence electrons. The molecule has 0 aliphatic heterocycles. The van der Waals surface area contributed by atoms with Gasteiger partial charge in [-0.3, -0.25) is 4.79 Å². The largest absolute Gasteiger partial charge is 0.490 e. The molecule has 0 radical (unpaired) electrons. The van der Waals surface area contributed by atoms with Crippen molar-refractivity contribution in [3.63, 3.8) is 0 Å². The highest BCUT2D eigenvalue weighted by Crippen LogP contribution is 2.31. The summed E-state index contributed by atoms with van der Waals surface area (Å²) in [6.45, 7) is 7.42. The van der Waals surface area contributed by atoms with Gasteiger partial charge >= 0.3 is 0 Å². The fourth-order valence-corrected chi connectivity index (χ4v) is 1.72. The maximum Gasteiger partial charge on any atom is 0.252 e. The van der Waals surface area contributed by atoms with Crippen LogP contribution in [0.5, 0.6) is 5.75 Å². The Morgan fingerprint density at radius 3 is 2.44 bits per heavy atom. The lowest BCUT2D eigenvalue weighted by molar-refractivity contribution is 0.0994. The lowest BCUT2D eigenvalue weighted by Crippen LogP contribution is -2.17. The average Bonchev–Trinajstić information content (AvgIpc) is 2.12. The molecule has 1 rings (SSSR count). The van der Waals surface area contributed by atoms with Crippen LogP contribution >= 0.6 is 11.6 Å². The van der Waals surface area contributed by atoms with Gasteiger partial charge in [-0.1, -0.05) is 11.6 Å². The monoisotopic (exact) mass is 241 g/mol. The number of benzene rings is 1. The minimum absolute atomic E-state index is 0.0157. The smallest absolute Gasteiger partial charge is 0.252 e. The maximum absolute atomic E-state index is 11.4. The van der Waals surface area contributed by atoms with E-state index in [0.717, 1.165) is 5.56 Å². The van der Waals surface area contributed by atoms with Crippen LogP contribution < -0.4 is 10.5 Å². The molecule has 1 amide bonds. The Balaban J connectivity index is 3.41. The summed E-state index contributed by atoms with van der Waals surface area (Å²) >= 11 is 6.07. The summed E-state index contributed by atoms with van der Waals surface area (Å²) in [5.41, 5.74) is 7.24. The van der Waals surface area contributed by atoms with Gasteiger partial charge in [-0.25, -0.2) is 0 Å². The highest BCUT2D eigenvalue weighted by Gasteiger charge is 2.18. The van der Waals surface area contributed by atoms with Crippen LogP contribution in [0.2, 0.25) is 5.02 Å². The molecule has 0 aromatic heterocycles. The summed E-state index contributed by atoms with van der Waals surface area (Å²) in [4.78, 5) is 11.4. The fourth-order valence-electron chi connectivity index (χ4n) is 1.58. The Kier molecular flexibility index (Phi) is 3.81. The van der Waals surface area contributed by atoms with Crippen LogP contribution in [0, 0.1) is 13.8 Å². The third-order valence-electron chi connectivity index (χ3n) is 2.25. The Morgan fingerprint density at radius 2 is 2.00 bits per heavy atom. The normalized spacial score (nSPS) is 10.6. The fraction of sp³-hybridized carbons (Fsp3) is 0.417. The van der Waals surface area contributed by atoms with Crippen LogP contribution in [-0.2, 0) is 0 Å². The van der Waals surface area contributed by atoms with Crippen molar-refractivity contribution in [2.45, 2.75) is 33.8 Å². The number of halogens is 1. The van der Waals surface area contributed by atoms with Gasteiger partial charge in [0.2, 0.25) is 0 Å². The first kappa shape index (κ1) is 12.8. The summed E-state index contributed by atoms with van der Waals surface area (Å²) in [7, 11) is 0. The van der Waals surface area contributed by atoms with Crippen molar-refractivity contribution in [3.05, 3.63) is 27.8 Å². The SMILES string of the molecule is Cc1cc(OC(C)C)c(C(N)=O)c(C)c1Cl. The van der Waals surface area contributed by atoms with Crippen molar-refractivity contribution in [2.75, 3.05) is 0 Å². The van der Waals surface area contributed by atoms with E-state index < -0.39 is 5.91 Å². The molecule has 3 nitrogen and oxygen atoms in total. The number of aryl methyl sites for hydroxylation is 1. The van der Waals surface area contributed by atoms with Crippen molar-refractivity contribution in [1.82, 2.24) is 0 Å². The van der Waals surface area contributed by atoms with E-state index in [0.29, 0.717) is 21.9 Å². The topological polar surface area (TPSA) is 52.3 Å². The maximum atomic E-state index is 11.4. The molecule has 0 spiro atoms. The van der Waals surface area contributed by atoms with E-state index in [1.807, 2.05) is 20.8 Å². The third kappa shape index (κ3) is 2.47. The van der Waals surface area contributed by atoms with E-state index in [4.69, 9.17) is 22.1 Å². The molecule has 16 heavy (non-hydrogen) atoms. The van der Waals surface area contributed by atoms with E-state index in [1.54, 1.807) is 13.0 Å². The molecule has 1 aromatic carbocycles. The van der Waals surface area contributed by atoms with Crippen LogP contribution in [-0.4, -0.2) is 12.0 Å². The van der Waals surface area contributed by atoms with E-state index in [9.17, 15) is 4.79 Å². The second kappa shape index (κ2) is 4.74. The number of amides is 1. The second-order valence-electron chi connectivity index (χ2n) is 4.04. The van der Waals surface area contributed by atoms with Gasteiger partial charge in [0, 0.05) is 5.02 Å². The predicted octanol–water partition coefficient (Wildman–Crippen LogP) is 2.84. The molecule has 1 aromatic rings. The molecule has 0 saturated carbocycles. The summed E-state index contributed by atoms with van der Waals surface area (Å²) < 4.78 is 5.56. The molecule has 2 N–H and O–H groups in total. The Morgan fingerprint density at radius 1 is 1.44 bits per heavy atom.